The van der Waals surface area contributed by atoms with Gasteiger partial charge in [-0.3, -0.25) is 9.59 Å². The Kier molecular flexibility index (Phi) is 19.3. The summed E-state index contributed by atoms with van der Waals surface area (Å²) in [5, 5.41) is 161. The molecule has 0 unspecified atom stereocenters. The molecule has 0 spiro atoms. The van der Waals surface area contributed by atoms with Crippen molar-refractivity contribution in [1.82, 2.24) is 10.6 Å². The molecule has 61 heavy (non-hydrogen) atoms. The molecule has 356 valence electrons. The number of aliphatic hydroxyl groups excluding tert-OH is 15. The lowest BCUT2D eigenvalue weighted by Gasteiger charge is -2.51. The van der Waals surface area contributed by atoms with Gasteiger partial charge >= 0.3 is 0 Å². The third-order valence-corrected chi connectivity index (χ3v) is 10.7. The molecule has 4 aliphatic heterocycles. The molecule has 0 aliphatic carbocycles. The molecule has 4 rings (SSSR count). The molecular formula is C34H60N2O25. The highest BCUT2D eigenvalue weighted by Crippen LogP contribution is 2.36. The molecule has 17 N–H and O–H groups in total. The van der Waals surface area contributed by atoms with Crippen molar-refractivity contribution in [2.45, 2.75) is 168 Å². The SMILES string of the molecule is CC(=O)N[C@H]1[C@H](OC[C@@H](O)[C@H](O)[C@H](O)[C@@H](O)CO)O[C@H](CO)[C@@H](O[C@@H]2O[C@H](CO)[C@H](O)[C@H](O[C@H]3O[C@H](CO)[C@H](O)[C@H](O)[C@H]3NC(C)=O)[C@H]2O[C@@H]2O[C@@H](C)[C@@H](O)[C@@H](O)[C@@H]2O)[C@@H]1O. The molecule has 27 nitrogen and oxygen atoms in total. The van der Waals surface area contributed by atoms with Crippen LogP contribution in [0.4, 0.5) is 0 Å². The van der Waals surface area contributed by atoms with Gasteiger partial charge in [-0.05, 0) is 6.92 Å². The molecule has 4 heterocycles. The first-order valence-corrected chi connectivity index (χ1v) is 19.4. The number of carbonyl (C=O) groups excluding carboxylic acids is 2. The predicted molar refractivity (Wildman–Crippen MR) is 191 cm³/mol. The summed E-state index contributed by atoms with van der Waals surface area (Å²) in [6.45, 7) is -1.34. The van der Waals surface area contributed by atoms with Crippen LogP contribution in [0.25, 0.3) is 0 Å². The average molecular weight is 897 g/mol. The first kappa shape index (κ1) is 51.7. The van der Waals surface area contributed by atoms with Gasteiger partial charge in [0.2, 0.25) is 11.8 Å². The maximum absolute atomic E-state index is 12.3. The van der Waals surface area contributed by atoms with Crippen LogP contribution in [0, 0.1) is 0 Å². The van der Waals surface area contributed by atoms with Crippen molar-refractivity contribution in [3.63, 3.8) is 0 Å². The second kappa shape index (κ2) is 22.8. The zero-order valence-corrected chi connectivity index (χ0v) is 33.2. The zero-order chi connectivity index (χ0) is 45.6. The van der Waals surface area contributed by atoms with Crippen molar-refractivity contribution in [3.05, 3.63) is 0 Å². The van der Waals surface area contributed by atoms with Crippen LogP contribution in [0.1, 0.15) is 20.8 Å². The minimum Gasteiger partial charge on any atom is -0.394 e. The number of hydrogen-bond acceptors (Lipinski definition) is 25. The molecule has 0 aromatic carbocycles. The third kappa shape index (κ3) is 12.0. The number of aliphatic hydroxyl groups is 15. The highest BCUT2D eigenvalue weighted by Gasteiger charge is 2.57. The van der Waals surface area contributed by atoms with Crippen molar-refractivity contribution in [2.75, 3.05) is 33.0 Å². The summed E-state index contributed by atoms with van der Waals surface area (Å²) < 4.78 is 46.6. The molecule has 0 aromatic heterocycles. The molecule has 4 fully saturated rings. The molecule has 0 radical (unpaired) electrons. The Morgan fingerprint density at radius 1 is 0.525 bits per heavy atom. The van der Waals surface area contributed by atoms with Crippen LogP contribution in [0.5, 0.6) is 0 Å². The Balaban J connectivity index is 1.71. The maximum Gasteiger partial charge on any atom is 0.217 e. The van der Waals surface area contributed by atoms with Crippen molar-refractivity contribution in [3.8, 4) is 0 Å². The standard InChI is InChI=1S/C34H60N2O25/c1-9-19(45)26(52)27(53)33(55-9)61-30-29(60-32-17(35-10(2)41)24(50)22(48)14(5-38)56-32)23(49)15(6-39)57-34(30)59-28-16(7-40)58-31(18(25(28)51)36-11(3)42)54-8-13(44)21(47)20(46)12(43)4-37/h9,12-34,37-40,43-53H,4-8H2,1-3H3,(H,35,41)(H,36,42)/t9-,12-,13+,14+,15+,16+,17+,18+,19+,20+,21-,22-,23-,24+,25+,26+,27-,28+,29-,30+,31+,32+,33-,34-/m0/s1. The Morgan fingerprint density at radius 2 is 1.02 bits per heavy atom. The molecule has 2 amide bonds. The van der Waals surface area contributed by atoms with Crippen molar-refractivity contribution in [2.24, 2.45) is 0 Å². The van der Waals surface area contributed by atoms with E-state index < -0.39 is 192 Å². The van der Waals surface area contributed by atoms with E-state index in [1.165, 1.54) is 6.92 Å². The number of ether oxygens (including phenoxy) is 8. The third-order valence-electron chi connectivity index (χ3n) is 10.7. The Morgan fingerprint density at radius 3 is 1.57 bits per heavy atom. The van der Waals surface area contributed by atoms with E-state index in [1.54, 1.807) is 0 Å². The van der Waals surface area contributed by atoms with Gasteiger partial charge in [-0.1, -0.05) is 0 Å². The van der Waals surface area contributed by atoms with E-state index in [1.807, 2.05) is 0 Å². The Hall–Kier alpha value is -1.98. The first-order valence-electron chi connectivity index (χ1n) is 19.4. The van der Waals surface area contributed by atoms with Gasteiger partial charge in [0.15, 0.2) is 25.2 Å². The zero-order valence-electron chi connectivity index (χ0n) is 33.2. The van der Waals surface area contributed by atoms with Crippen LogP contribution in [0.2, 0.25) is 0 Å². The number of amides is 2. The number of nitrogens with one attached hydrogen (secondary N) is 2. The van der Waals surface area contributed by atoms with E-state index in [4.69, 9.17) is 43.0 Å². The molecule has 0 saturated carbocycles. The van der Waals surface area contributed by atoms with Crippen LogP contribution >= 0.6 is 0 Å². The highest BCUT2D eigenvalue weighted by molar-refractivity contribution is 5.73. The highest BCUT2D eigenvalue weighted by atomic mass is 16.8. The van der Waals surface area contributed by atoms with E-state index in [0.717, 1.165) is 13.8 Å². The molecule has 4 aliphatic rings. The van der Waals surface area contributed by atoms with Gasteiger partial charge in [0.25, 0.3) is 0 Å². The topological polar surface area (TPSA) is 435 Å². The summed E-state index contributed by atoms with van der Waals surface area (Å²) >= 11 is 0. The van der Waals surface area contributed by atoms with Crippen molar-refractivity contribution >= 4 is 11.8 Å². The second-order valence-electron chi connectivity index (χ2n) is 15.2. The summed E-state index contributed by atoms with van der Waals surface area (Å²) in [5.74, 6) is -1.54. The minimum atomic E-state index is -2.08. The van der Waals surface area contributed by atoms with E-state index in [0.29, 0.717) is 0 Å². The van der Waals surface area contributed by atoms with Crippen LogP contribution in [-0.2, 0) is 47.5 Å². The molecule has 24 atom stereocenters. The summed E-state index contributed by atoms with van der Waals surface area (Å²) in [5.41, 5.74) is 0. The predicted octanol–water partition coefficient (Wildman–Crippen LogP) is -11.0. The lowest BCUT2D eigenvalue weighted by Crippen LogP contribution is -2.70. The van der Waals surface area contributed by atoms with Gasteiger partial charge < -0.3 is 125 Å². The average Bonchev–Trinajstić information content (AvgIpc) is 3.22. The smallest absolute Gasteiger partial charge is 0.217 e. The number of hydrogen-bond donors (Lipinski definition) is 17. The van der Waals surface area contributed by atoms with E-state index >= 15 is 0 Å². The lowest BCUT2D eigenvalue weighted by molar-refractivity contribution is -0.398. The van der Waals surface area contributed by atoms with Crippen molar-refractivity contribution in [1.29, 1.82) is 0 Å². The maximum atomic E-state index is 12.3. The Bertz CT molecular complexity index is 1380. The van der Waals surface area contributed by atoms with Gasteiger partial charge in [-0.25, -0.2) is 0 Å². The molecule has 27 heteroatoms. The van der Waals surface area contributed by atoms with E-state index in [2.05, 4.69) is 10.6 Å². The fraction of sp³-hybridized carbons (Fsp3) is 0.941. The summed E-state index contributed by atoms with van der Waals surface area (Å²) in [6, 6.07) is -3.26. The van der Waals surface area contributed by atoms with Crippen LogP contribution < -0.4 is 10.6 Å². The molecule has 0 bridgehead atoms. The van der Waals surface area contributed by atoms with Gasteiger partial charge in [0.05, 0.1) is 39.1 Å². The lowest BCUT2D eigenvalue weighted by atomic mass is 9.94. The van der Waals surface area contributed by atoms with Gasteiger partial charge in [0, 0.05) is 13.8 Å². The normalized spacial score (nSPS) is 44.1. The van der Waals surface area contributed by atoms with Gasteiger partial charge in [0.1, 0.15) is 116 Å². The molecule has 4 saturated heterocycles. The summed E-state index contributed by atoms with van der Waals surface area (Å²) in [7, 11) is 0. The fourth-order valence-corrected chi connectivity index (χ4v) is 7.25. The second-order valence-corrected chi connectivity index (χ2v) is 15.2. The van der Waals surface area contributed by atoms with Crippen molar-refractivity contribution < 1.29 is 124 Å². The quantitative estimate of drug-likeness (QED) is 0.0607. The summed E-state index contributed by atoms with van der Waals surface area (Å²) in [4.78, 5) is 24.5. The molecular weight excluding hydrogens is 836 g/mol. The Labute approximate surface area is 347 Å². The largest absolute Gasteiger partial charge is 0.394 e. The summed E-state index contributed by atoms with van der Waals surface area (Å²) in [6.07, 6.45) is -40.4. The van der Waals surface area contributed by atoms with Gasteiger partial charge in [-0.2, -0.15) is 0 Å². The fourth-order valence-electron chi connectivity index (χ4n) is 7.25. The number of rotatable bonds is 18. The van der Waals surface area contributed by atoms with Crippen LogP contribution in [0.3, 0.4) is 0 Å². The van der Waals surface area contributed by atoms with E-state index in [-0.39, 0.29) is 0 Å². The van der Waals surface area contributed by atoms with Crippen LogP contribution in [-0.4, -0.2) is 269 Å². The molecule has 0 aromatic rings. The van der Waals surface area contributed by atoms with E-state index in [9.17, 15) is 81.1 Å². The minimum absolute atomic E-state index is 0.757. The monoisotopic (exact) mass is 896 g/mol. The van der Waals surface area contributed by atoms with Crippen LogP contribution in [0.15, 0.2) is 0 Å². The number of carbonyl (C=O) groups is 2. The first-order chi connectivity index (χ1) is 28.7. The van der Waals surface area contributed by atoms with Gasteiger partial charge in [-0.15, -0.1) is 0 Å².